The van der Waals surface area contributed by atoms with E-state index in [0.717, 1.165) is 11.3 Å². The van der Waals surface area contributed by atoms with Gasteiger partial charge in [-0.25, -0.2) is 4.79 Å². The van der Waals surface area contributed by atoms with Gasteiger partial charge in [-0.3, -0.25) is 10.1 Å². The number of rotatable bonds is 3. The summed E-state index contributed by atoms with van der Waals surface area (Å²) in [5.41, 5.74) is 2.05. The zero-order chi connectivity index (χ0) is 19.8. The van der Waals surface area contributed by atoms with Crippen LogP contribution in [0.5, 0.6) is 5.75 Å². The van der Waals surface area contributed by atoms with E-state index in [1.165, 1.54) is 0 Å². The zero-order valence-corrected chi connectivity index (χ0v) is 16.1. The normalized spacial score (nSPS) is 13.8. The van der Waals surface area contributed by atoms with E-state index in [-0.39, 0.29) is 12.5 Å². The van der Waals surface area contributed by atoms with Gasteiger partial charge in [0.25, 0.3) is 5.91 Å². The number of carbonyl (C=O) groups excluding carboxylic acids is 2. The summed E-state index contributed by atoms with van der Waals surface area (Å²) < 4.78 is 16.0. The first-order chi connectivity index (χ1) is 12.6. The fourth-order valence-corrected chi connectivity index (χ4v) is 2.76. The molecule has 0 bridgehead atoms. The molecule has 2 amide bonds. The summed E-state index contributed by atoms with van der Waals surface area (Å²) >= 11 is 0. The van der Waals surface area contributed by atoms with Gasteiger partial charge in [0.1, 0.15) is 17.1 Å². The summed E-state index contributed by atoms with van der Waals surface area (Å²) in [6, 6.07) is 5.11. The highest BCUT2D eigenvalue weighted by molar-refractivity contribution is 5.99. The number of aryl methyl sites for hydroxylation is 2. The summed E-state index contributed by atoms with van der Waals surface area (Å²) in [6.07, 6.45) is -0.567. The number of nitrogens with one attached hydrogen (secondary N) is 1. The van der Waals surface area contributed by atoms with Crippen molar-refractivity contribution in [3.8, 4) is 5.75 Å². The average molecular weight is 373 g/mol. The van der Waals surface area contributed by atoms with Crippen LogP contribution in [0.2, 0.25) is 0 Å². The van der Waals surface area contributed by atoms with Gasteiger partial charge in [0, 0.05) is 11.3 Å². The minimum Gasteiger partial charge on any atom is -0.482 e. The molecule has 0 saturated heterocycles. The Morgan fingerprint density at radius 1 is 1.33 bits per heavy atom. The van der Waals surface area contributed by atoms with Crippen LogP contribution in [0.4, 0.5) is 16.2 Å². The Morgan fingerprint density at radius 2 is 2.07 bits per heavy atom. The first kappa shape index (κ1) is 18.8. The summed E-state index contributed by atoms with van der Waals surface area (Å²) in [4.78, 5) is 26.1. The predicted octanol–water partition coefficient (Wildman–Crippen LogP) is 3.56. The number of benzene rings is 1. The van der Waals surface area contributed by atoms with Crippen LogP contribution in [0.15, 0.2) is 22.7 Å². The molecular weight excluding hydrogens is 350 g/mol. The fraction of sp³-hybridized carbons (Fsp3) is 0.421. The zero-order valence-electron chi connectivity index (χ0n) is 16.1. The highest BCUT2D eigenvalue weighted by atomic mass is 16.6. The molecule has 0 radical (unpaired) electrons. The lowest BCUT2D eigenvalue weighted by atomic mass is 10.1. The quantitative estimate of drug-likeness (QED) is 0.884. The molecule has 2 heterocycles. The van der Waals surface area contributed by atoms with E-state index in [0.29, 0.717) is 29.4 Å². The molecule has 1 aliphatic rings. The van der Waals surface area contributed by atoms with Crippen LogP contribution in [0.3, 0.4) is 0 Å². The molecule has 1 aromatic heterocycles. The van der Waals surface area contributed by atoms with Crippen LogP contribution in [0.1, 0.15) is 37.8 Å². The standard InChI is InChI=1S/C19H23N3O5/c1-11-14(12(2)27-21-11)9-22-15-8-13(20-18(24)26-19(3,4)5)6-7-16(15)25-10-17(22)23/h6-8H,9-10H2,1-5H3,(H,20,24). The molecule has 0 fully saturated rings. The van der Waals surface area contributed by atoms with Gasteiger partial charge >= 0.3 is 6.09 Å². The molecule has 0 unspecified atom stereocenters. The molecule has 0 saturated carbocycles. The van der Waals surface area contributed by atoms with Crippen LogP contribution < -0.4 is 15.0 Å². The predicted molar refractivity (Wildman–Crippen MR) is 99.0 cm³/mol. The SMILES string of the molecule is Cc1noc(C)c1CN1C(=O)COc2ccc(NC(=O)OC(C)(C)C)cc21. The summed E-state index contributed by atoms with van der Waals surface area (Å²) in [5, 5.41) is 6.62. The number of amides is 2. The molecule has 0 aliphatic carbocycles. The lowest BCUT2D eigenvalue weighted by Gasteiger charge is -2.30. The van der Waals surface area contributed by atoms with E-state index in [1.807, 2.05) is 13.8 Å². The van der Waals surface area contributed by atoms with Gasteiger partial charge in [-0.15, -0.1) is 0 Å². The molecule has 1 aliphatic heterocycles. The van der Waals surface area contributed by atoms with Gasteiger partial charge in [0.05, 0.1) is 17.9 Å². The van der Waals surface area contributed by atoms with E-state index >= 15 is 0 Å². The average Bonchev–Trinajstić information content (AvgIpc) is 2.87. The van der Waals surface area contributed by atoms with Crippen molar-refractivity contribution in [1.29, 1.82) is 0 Å². The van der Waals surface area contributed by atoms with Gasteiger partial charge in [0.2, 0.25) is 0 Å². The summed E-state index contributed by atoms with van der Waals surface area (Å²) in [5.74, 6) is 1.05. The number of hydrogen-bond acceptors (Lipinski definition) is 6. The number of aromatic nitrogens is 1. The van der Waals surface area contributed by atoms with Crippen molar-refractivity contribution in [2.75, 3.05) is 16.8 Å². The largest absolute Gasteiger partial charge is 0.482 e. The molecule has 0 atom stereocenters. The maximum Gasteiger partial charge on any atom is 0.412 e. The number of nitrogens with zero attached hydrogens (tertiary/aromatic N) is 2. The highest BCUT2D eigenvalue weighted by Crippen LogP contribution is 2.36. The van der Waals surface area contributed by atoms with E-state index in [2.05, 4.69) is 10.5 Å². The molecule has 27 heavy (non-hydrogen) atoms. The van der Waals surface area contributed by atoms with Crippen molar-refractivity contribution in [3.63, 3.8) is 0 Å². The van der Waals surface area contributed by atoms with Crippen molar-refractivity contribution in [2.24, 2.45) is 0 Å². The Labute approximate surface area is 157 Å². The second-order valence-corrected chi connectivity index (χ2v) is 7.38. The van der Waals surface area contributed by atoms with Gasteiger partial charge in [-0.2, -0.15) is 0 Å². The lowest BCUT2D eigenvalue weighted by Crippen LogP contribution is -2.38. The molecule has 1 N–H and O–H groups in total. The summed E-state index contributed by atoms with van der Waals surface area (Å²) in [7, 11) is 0. The third-order valence-corrected chi connectivity index (χ3v) is 4.04. The van der Waals surface area contributed by atoms with Crippen molar-refractivity contribution in [3.05, 3.63) is 35.2 Å². The Hall–Kier alpha value is -3.03. The monoisotopic (exact) mass is 373 g/mol. The smallest absolute Gasteiger partial charge is 0.412 e. The molecule has 3 rings (SSSR count). The number of fused-ring (bicyclic) bond motifs is 1. The van der Waals surface area contributed by atoms with Crippen molar-refractivity contribution in [2.45, 2.75) is 46.8 Å². The first-order valence-electron chi connectivity index (χ1n) is 8.63. The van der Waals surface area contributed by atoms with Crippen molar-refractivity contribution < 1.29 is 23.6 Å². The minimum atomic E-state index is -0.604. The summed E-state index contributed by atoms with van der Waals surface area (Å²) in [6.45, 7) is 9.27. The third kappa shape index (κ3) is 4.21. The van der Waals surface area contributed by atoms with Crippen LogP contribution in [0, 0.1) is 13.8 Å². The van der Waals surface area contributed by atoms with Crippen LogP contribution in [-0.4, -0.2) is 29.4 Å². The minimum absolute atomic E-state index is 0.0464. The van der Waals surface area contributed by atoms with Gasteiger partial charge < -0.3 is 18.9 Å². The Morgan fingerprint density at radius 3 is 2.70 bits per heavy atom. The first-order valence-corrected chi connectivity index (χ1v) is 8.63. The topological polar surface area (TPSA) is 93.9 Å². The van der Waals surface area contributed by atoms with Gasteiger partial charge in [-0.05, 0) is 52.8 Å². The maximum absolute atomic E-state index is 12.5. The number of carbonyl (C=O) groups is 2. The molecular formula is C19H23N3O5. The van der Waals surface area contributed by atoms with E-state index in [9.17, 15) is 9.59 Å². The fourth-order valence-electron chi connectivity index (χ4n) is 2.76. The van der Waals surface area contributed by atoms with Crippen LogP contribution in [0.25, 0.3) is 0 Å². The maximum atomic E-state index is 12.5. The molecule has 2 aromatic rings. The van der Waals surface area contributed by atoms with E-state index < -0.39 is 11.7 Å². The molecule has 144 valence electrons. The van der Waals surface area contributed by atoms with Gasteiger partial charge in [-0.1, -0.05) is 5.16 Å². The number of hydrogen-bond donors (Lipinski definition) is 1. The second kappa shape index (κ2) is 6.94. The van der Waals surface area contributed by atoms with E-state index in [1.54, 1.807) is 43.9 Å². The second-order valence-electron chi connectivity index (χ2n) is 7.38. The highest BCUT2D eigenvalue weighted by Gasteiger charge is 2.28. The number of ether oxygens (including phenoxy) is 2. The van der Waals surface area contributed by atoms with Crippen molar-refractivity contribution in [1.82, 2.24) is 5.16 Å². The Kier molecular flexibility index (Phi) is 4.82. The Bertz CT molecular complexity index is 862. The molecule has 0 spiro atoms. The molecule has 8 heteroatoms. The van der Waals surface area contributed by atoms with Crippen LogP contribution in [-0.2, 0) is 16.1 Å². The molecule has 1 aromatic carbocycles. The van der Waals surface area contributed by atoms with E-state index in [4.69, 9.17) is 14.0 Å². The van der Waals surface area contributed by atoms with Crippen molar-refractivity contribution >= 4 is 23.4 Å². The van der Waals surface area contributed by atoms with Gasteiger partial charge in [0.15, 0.2) is 6.61 Å². The Balaban J connectivity index is 1.87. The number of anilines is 2. The van der Waals surface area contributed by atoms with Crippen LogP contribution >= 0.6 is 0 Å². The molecule has 8 nitrogen and oxygen atoms in total. The third-order valence-electron chi connectivity index (χ3n) is 4.04. The lowest BCUT2D eigenvalue weighted by molar-refractivity contribution is -0.121.